The molecule has 0 spiro atoms. The Morgan fingerprint density at radius 1 is 0.839 bits per heavy atom. The van der Waals surface area contributed by atoms with E-state index in [0.29, 0.717) is 5.89 Å². The van der Waals surface area contributed by atoms with Gasteiger partial charge in [-0.05, 0) is 69.6 Å². The summed E-state index contributed by atoms with van der Waals surface area (Å²) in [4.78, 5) is 7.12. The fourth-order valence-electron chi connectivity index (χ4n) is 3.59. The number of benzene rings is 2. The molecule has 4 nitrogen and oxygen atoms in total. The lowest BCUT2D eigenvalue weighted by molar-refractivity contribution is 0.243. The summed E-state index contributed by atoms with van der Waals surface area (Å²) >= 11 is 0. The van der Waals surface area contributed by atoms with Crippen molar-refractivity contribution >= 4 is 23.3 Å². The first kappa shape index (κ1) is 23.1. The summed E-state index contributed by atoms with van der Waals surface area (Å²) in [6.45, 7) is 8.89. The molecule has 2 aromatic carbocycles. The Kier molecular flexibility index (Phi) is 9.65. The molecule has 166 valence electrons. The summed E-state index contributed by atoms with van der Waals surface area (Å²) in [6.07, 6.45) is 11.3. The maximum Gasteiger partial charge on any atom is 0.220 e. The number of oxazole rings is 1. The van der Waals surface area contributed by atoms with E-state index in [-0.39, 0.29) is 0 Å². The van der Waals surface area contributed by atoms with Crippen LogP contribution in [0.2, 0.25) is 0 Å². The molecule has 0 N–H and O–H groups in total. The lowest BCUT2D eigenvalue weighted by Crippen LogP contribution is -2.27. The predicted molar refractivity (Wildman–Crippen MR) is 130 cm³/mol. The van der Waals surface area contributed by atoms with Gasteiger partial charge in [0, 0.05) is 11.6 Å². The Bertz CT molecular complexity index is 891. The van der Waals surface area contributed by atoms with Gasteiger partial charge in [-0.15, -0.1) is 0 Å². The van der Waals surface area contributed by atoms with Crippen LogP contribution in [0.3, 0.4) is 0 Å². The van der Waals surface area contributed by atoms with Crippen LogP contribution in [0, 0.1) is 0 Å². The molecule has 0 amide bonds. The van der Waals surface area contributed by atoms with Crippen LogP contribution in [0.15, 0.2) is 52.9 Å². The number of para-hydroxylation sites is 3. The van der Waals surface area contributed by atoms with Crippen molar-refractivity contribution in [3.8, 4) is 5.75 Å². The van der Waals surface area contributed by atoms with Crippen LogP contribution in [-0.2, 0) is 0 Å². The normalized spacial score (nSPS) is 11.7. The van der Waals surface area contributed by atoms with Gasteiger partial charge in [-0.1, -0.05) is 57.0 Å². The van der Waals surface area contributed by atoms with Crippen molar-refractivity contribution in [2.75, 3.05) is 26.2 Å². The highest BCUT2D eigenvalue weighted by Crippen LogP contribution is 2.22. The van der Waals surface area contributed by atoms with Crippen LogP contribution >= 0.6 is 0 Å². The summed E-state index contributed by atoms with van der Waals surface area (Å²) in [5, 5.41) is 0. The predicted octanol–water partition coefficient (Wildman–Crippen LogP) is 7.06. The van der Waals surface area contributed by atoms with Gasteiger partial charge in [0.25, 0.3) is 0 Å². The first-order chi connectivity index (χ1) is 15.3. The van der Waals surface area contributed by atoms with Crippen molar-refractivity contribution < 1.29 is 9.15 Å². The second kappa shape index (κ2) is 13.0. The summed E-state index contributed by atoms with van der Waals surface area (Å²) in [7, 11) is 0. The largest absolute Gasteiger partial charge is 0.493 e. The van der Waals surface area contributed by atoms with E-state index in [1.165, 1.54) is 51.7 Å². The van der Waals surface area contributed by atoms with Crippen LogP contribution in [0.1, 0.15) is 63.8 Å². The standard InChI is InChI=1S/C27H36N2O2/c1-3-5-19-29(20-6-4-2)21-11-12-22-30-25-15-9-7-13-23(25)17-18-27-28-24-14-8-10-16-26(24)31-27/h7-10,13-18H,3-6,11-12,19-22H2,1-2H3/b18-17+. The zero-order valence-electron chi connectivity index (χ0n) is 19.1. The van der Waals surface area contributed by atoms with Gasteiger partial charge in [0.1, 0.15) is 11.3 Å². The molecule has 0 radical (unpaired) electrons. The van der Waals surface area contributed by atoms with Crippen molar-refractivity contribution in [1.29, 1.82) is 0 Å². The second-order valence-corrected chi connectivity index (χ2v) is 8.00. The third kappa shape index (κ3) is 7.55. The van der Waals surface area contributed by atoms with E-state index >= 15 is 0 Å². The summed E-state index contributed by atoms with van der Waals surface area (Å²) in [6, 6.07) is 15.9. The maximum absolute atomic E-state index is 6.11. The Morgan fingerprint density at radius 3 is 2.32 bits per heavy atom. The Labute approximate surface area is 186 Å². The van der Waals surface area contributed by atoms with E-state index in [2.05, 4.69) is 29.8 Å². The molecule has 4 heteroatoms. The molecule has 3 aromatic rings. The number of hydrogen-bond acceptors (Lipinski definition) is 4. The molecule has 31 heavy (non-hydrogen) atoms. The fourth-order valence-corrected chi connectivity index (χ4v) is 3.59. The van der Waals surface area contributed by atoms with Crippen molar-refractivity contribution in [2.45, 2.75) is 52.4 Å². The quantitative estimate of drug-likeness (QED) is 0.262. The molecule has 0 aliphatic carbocycles. The zero-order valence-corrected chi connectivity index (χ0v) is 19.1. The lowest BCUT2D eigenvalue weighted by atomic mass is 10.2. The van der Waals surface area contributed by atoms with E-state index in [4.69, 9.17) is 9.15 Å². The molecule has 0 saturated carbocycles. The highest BCUT2D eigenvalue weighted by Gasteiger charge is 2.05. The third-order valence-electron chi connectivity index (χ3n) is 5.42. The van der Waals surface area contributed by atoms with Crippen molar-refractivity contribution in [3.63, 3.8) is 0 Å². The Hall–Kier alpha value is -2.59. The highest BCUT2D eigenvalue weighted by molar-refractivity contribution is 5.76. The van der Waals surface area contributed by atoms with Gasteiger partial charge >= 0.3 is 0 Å². The van der Waals surface area contributed by atoms with Crippen LogP contribution in [0.4, 0.5) is 0 Å². The highest BCUT2D eigenvalue weighted by atomic mass is 16.5. The van der Waals surface area contributed by atoms with Crippen molar-refractivity contribution in [2.24, 2.45) is 0 Å². The van der Waals surface area contributed by atoms with Gasteiger partial charge in [-0.25, -0.2) is 4.98 Å². The SMILES string of the molecule is CCCCN(CCCC)CCCCOc1ccccc1/C=C/c1nc2ccccc2o1. The monoisotopic (exact) mass is 420 g/mol. The molecule has 0 atom stereocenters. The number of aromatic nitrogens is 1. The third-order valence-corrected chi connectivity index (χ3v) is 5.42. The minimum Gasteiger partial charge on any atom is -0.493 e. The number of rotatable bonds is 14. The van der Waals surface area contributed by atoms with Gasteiger partial charge in [-0.2, -0.15) is 0 Å². The number of ether oxygens (including phenoxy) is 1. The molecule has 0 unspecified atom stereocenters. The average molecular weight is 421 g/mol. The van der Waals surface area contributed by atoms with E-state index in [1.54, 1.807) is 0 Å². The number of nitrogens with zero attached hydrogens (tertiary/aromatic N) is 2. The second-order valence-electron chi connectivity index (χ2n) is 8.00. The summed E-state index contributed by atoms with van der Waals surface area (Å²) in [5.74, 6) is 1.51. The minimum atomic E-state index is 0.607. The number of fused-ring (bicyclic) bond motifs is 1. The van der Waals surface area contributed by atoms with E-state index in [0.717, 1.165) is 35.4 Å². The average Bonchev–Trinajstić information content (AvgIpc) is 3.22. The van der Waals surface area contributed by atoms with Crippen LogP contribution in [0.25, 0.3) is 23.3 Å². The first-order valence-electron chi connectivity index (χ1n) is 11.8. The summed E-state index contributed by atoms with van der Waals surface area (Å²) in [5.41, 5.74) is 2.72. The van der Waals surface area contributed by atoms with E-state index < -0.39 is 0 Å². The fraction of sp³-hybridized carbons (Fsp3) is 0.444. The molecular weight excluding hydrogens is 384 g/mol. The van der Waals surface area contributed by atoms with E-state index in [9.17, 15) is 0 Å². The molecule has 0 saturated heterocycles. The molecule has 0 fully saturated rings. The van der Waals surface area contributed by atoms with Gasteiger partial charge in [0.15, 0.2) is 5.58 Å². The molecule has 0 aliphatic rings. The van der Waals surface area contributed by atoms with Gasteiger partial charge in [-0.3, -0.25) is 0 Å². The molecule has 0 aliphatic heterocycles. The zero-order chi connectivity index (χ0) is 21.7. The number of unbranched alkanes of at least 4 members (excludes halogenated alkanes) is 3. The molecule has 3 rings (SSSR count). The smallest absolute Gasteiger partial charge is 0.220 e. The van der Waals surface area contributed by atoms with Gasteiger partial charge < -0.3 is 14.1 Å². The van der Waals surface area contributed by atoms with Crippen LogP contribution < -0.4 is 4.74 Å². The first-order valence-corrected chi connectivity index (χ1v) is 11.8. The van der Waals surface area contributed by atoms with Gasteiger partial charge in [0.2, 0.25) is 5.89 Å². The minimum absolute atomic E-state index is 0.607. The van der Waals surface area contributed by atoms with Crippen LogP contribution in [-0.4, -0.2) is 36.1 Å². The van der Waals surface area contributed by atoms with Crippen LogP contribution in [0.5, 0.6) is 5.75 Å². The summed E-state index contributed by atoms with van der Waals surface area (Å²) < 4.78 is 11.9. The molecule has 1 aromatic heterocycles. The molecule has 1 heterocycles. The molecule has 0 bridgehead atoms. The van der Waals surface area contributed by atoms with E-state index in [1.807, 2.05) is 54.6 Å². The topological polar surface area (TPSA) is 38.5 Å². The van der Waals surface area contributed by atoms with Crippen molar-refractivity contribution in [1.82, 2.24) is 9.88 Å². The van der Waals surface area contributed by atoms with Crippen molar-refractivity contribution in [3.05, 3.63) is 60.0 Å². The Morgan fingerprint density at radius 2 is 1.55 bits per heavy atom. The molecular formula is C27H36N2O2. The maximum atomic E-state index is 6.11. The number of hydrogen-bond donors (Lipinski definition) is 0. The lowest BCUT2D eigenvalue weighted by Gasteiger charge is -2.21. The Balaban J connectivity index is 1.49. The van der Waals surface area contributed by atoms with Gasteiger partial charge in [0.05, 0.1) is 6.61 Å².